The highest BCUT2D eigenvalue weighted by Gasteiger charge is 2.41. The zero-order chi connectivity index (χ0) is 10.5. The first-order valence-electron chi connectivity index (χ1n) is 4.13. The summed E-state index contributed by atoms with van der Waals surface area (Å²) in [4.78, 5) is 10.7. The van der Waals surface area contributed by atoms with E-state index >= 15 is 0 Å². The molecule has 0 saturated carbocycles. The first kappa shape index (κ1) is 13.1. The molecule has 0 bridgehead atoms. The summed E-state index contributed by atoms with van der Waals surface area (Å²) in [6, 6.07) is 0. The first-order chi connectivity index (χ1) is 5.94. The van der Waals surface area contributed by atoms with Crippen LogP contribution < -0.4 is 0 Å². The smallest absolute Gasteiger partial charge is 0.377 e. The van der Waals surface area contributed by atoms with Crippen LogP contribution in [-0.4, -0.2) is 22.4 Å². The molecule has 5 heteroatoms. The molecular formula is C8H13F2IO2. The number of hydrogen-bond acceptors (Lipinski definition) is 2. The fourth-order valence-corrected chi connectivity index (χ4v) is 1.30. The second kappa shape index (κ2) is 5.72. The quantitative estimate of drug-likeness (QED) is 0.443. The van der Waals surface area contributed by atoms with Crippen molar-refractivity contribution in [2.24, 2.45) is 0 Å². The third-order valence-corrected chi connectivity index (χ3v) is 2.82. The fraction of sp³-hybridized carbons (Fsp3) is 0.875. The lowest BCUT2D eigenvalue weighted by Gasteiger charge is -2.16. The van der Waals surface area contributed by atoms with E-state index in [2.05, 4.69) is 4.74 Å². The van der Waals surface area contributed by atoms with Crippen molar-refractivity contribution in [1.82, 2.24) is 0 Å². The SMILES string of the molecule is CCOC(=O)C(F)(F)CC(I)CC. The Morgan fingerprint density at radius 3 is 2.46 bits per heavy atom. The number of carbonyl (C=O) groups is 1. The molecule has 0 aliphatic heterocycles. The van der Waals surface area contributed by atoms with Crippen molar-refractivity contribution in [3.63, 3.8) is 0 Å². The molecular weight excluding hydrogens is 293 g/mol. The second-order valence-corrected chi connectivity index (χ2v) is 4.40. The maximum absolute atomic E-state index is 13.0. The van der Waals surface area contributed by atoms with Crippen LogP contribution in [0.15, 0.2) is 0 Å². The molecule has 1 unspecified atom stereocenters. The minimum absolute atomic E-state index is 0.00748. The van der Waals surface area contributed by atoms with Gasteiger partial charge in [0.2, 0.25) is 0 Å². The van der Waals surface area contributed by atoms with Crippen LogP contribution in [0.3, 0.4) is 0 Å². The number of halogens is 3. The standard InChI is InChI=1S/C8H13F2IO2/c1-3-6(11)5-8(9,10)7(12)13-4-2/h6H,3-5H2,1-2H3. The molecule has 0 heterocycles. The van der Waals surface area contributed by atoms with Crippen molar-refractivity contribution in [3.05, 3.63) is 0 Å². The number of ether oxygens (including phenoxy) is 1. The maximum atomic E-state index is 13.0. The summed E-state index contributed by atoms with van der Waals surface area (Å²) in [5.74, 6) is -4.75. The van der Waals surface area contributed by atoms with E-state index < -0.39 is 18.3 Å². The van der Waals surface area contributed by atoms with Gasteiger partial charge in [0.05, 0.1) is 6.61 Å². The highest BCUT2D eigenvalue weighted by atomic mass is 127. The molecule has 0 saturated heterocycles. The van der Waals surface area contributed by atoms with E-state index in [4.69, 9.17) is 0 Å². The molecule has 0 aromatic carbocycles. The molecule has 0 aliphatic rings. The van der Waals surface area contributed by atoms with Gasteiger partial charge >= 0.3 is 11.9 Å². The summed E-state index contributed by atoms with van der Waals surface area (Å²) in [5.41, 5.74) is 0. The number of esters is 1. The molecule has 0 radical (unpaired) electrons. The average Bonchev–Trinajstić information content (AvgIpc) is 2.04. The highest BCUT2D eigenvalue weighted by Crippen LogP contribution is 2.27. The zero-order valence-electron chi connectivity index (χ0n) is 7.65. The molecule has 0 spiro atoms. The predicted octanol–water partition coefficient (Wildman–Crippen LogP) is 2.79. The third kappa shape index (κ3) is 4.73. The lowest BCUT2D eigenvalue weighted by Crippen LogP contribution is -2.33. The van der Waals surface area contributed by atoms with Crippen LogP contribution in [0.25, 0.3) is 0 Å². The summed E-state index contributed by atoms with van der Waals surface area (Å²) in [7, 11) is 0. The van der Waals surface area contributed by atoms with E-state index in [0.717, 1.165) is 0 Å². The minimum atomic E-state index is -3.34. The van der Waals surface area contributed by atoms with E-state index in [1.165, 1.54) is 6.92 Å². The molecule has 0 aliphatic carbocycles. The monoisotopic (exact) mass is 306 g/mol. The van der Waals surface area contributed by atoms with Gasteiger partial charge in [-0.3, -0.25) is 0 Å². The lowest BCUT2D eigenvalue weighted by molar-refractivity contribution is -0.172. The summed E-state index contributed by atoms with van der Waals surface area (Å²) < 4.78 is 30.0. The Kier molecular flexibility index (Phi) is 5.75. The van der Waals surface area contributed by atoms with E-state index in [1.54, 1.807) is 6.92 Å². The summed E-state index contributed by atoms with van der Waals surface area (Å²) in [5, 5.41) is 0. The number of alkyl halides is 3. The van der Waals surface area contributed by atoms with Crippen molar-refractivity contribution in [2.45, 2.75) is 36.5 Å². The first-order valence-corrected chi connectivity index (χ1v) is 5.37. The largest absolute Gasteiger partial charge is 0.462 e. The molecule has 0 rings (SSSR count). The van der Waals surface area contributed by atoms with Gasteiger partial charge in [-0.1, -0.05) is 29.5 Å². The van der Waals surface area contributed by atoms with Crippen LogP contribution in [-0.2, 0) is 9.53 Å². The molecule has 13 heavy (non-hydrogen) atoms. The average molecular weight is 306 g/mol. The van der Waals surface area contributed by atoms with Crippen LogP contribution in [0.1, 0.15) is 26.7 Å². The number of carbonyl (C=O) groups excluding carboxylic acids is 1. The normalized spacial score (nSPS) is 13.9. The number of rotatable bonds is 5. The number of hydrogen-bond donors (Lipinski definition) is 0. The molecule has 1 atom stereocenters. The van der Waals surface area contributed by atoms with Gasteiger partial charge in [0, 0.05) is 10.3 Å². The summed E-state index contributed by atoms with van der Waals surface area (Å²) >= 11 is 1.90. The lowest BCUT2D eigenvalue weighted by atomic mass is 10.1. The van der Waals surface area contributed by atoms with Gasteiger partial charge in [0.15, 0.2) is 0 Å². The Hall–Kier alpha value is 0.0600. The van der Waals surface area contributed by atoms with Gasteiger partial charge in [-0.2, -0.15) is 8.78 Å². The van der Waals surface area contributed by atoms with E-state index in [1.807, 2.05) is 22.6 Å². The topological polar surface area (TPSA) is 26.3 Å². The van der Waals surface area contributed by atoms with Gasteiger partial charge in [-0.25, -0.2) is 4.79 Å². The molecule has 0 amide bonds. The molecule has 2 nitrogen and oxygen atoms in total. The van der Waals surface area contributed by atoms with Crippen molar-refractivity contribution >= 4 is 28.6 Å². The van der Waals surface area contributed by atoms with Crippen molar-refractivity contribution < 1.29 is 18.3 Å². The Labute approximate surface area is 90.2 Å². The third-order valence-electron chi connectivity index (χ3n) is 1.49. The minimum Gasteiger partial charge on any atom is -0.462 e. The second-order valence-electron chi connectivity index (χ2n) is 2.63. The van der Waals surface area contributed by atoms with Crippen LogP contribution >= 0.6 is 22.6 Å². The van der Waals surface area contributed by atoms with Crippen molar-refractivity contribution in [1.29, 1.82) is 0 Å². The zero-order valence-corrected chi connectivity index (χ0v) is 9.81. The van der Waals surface area contributed by atoms with Gasteiger partial charge in [-0.15, -0.1) is 0 Å². The van der Waals surface area contributed by atoms with Crippen molar-refractivity contribution in [3.8, 4) is 0 Å². The predicted molar refractivity (Wildman–Crippen MR) is 54.3 cm³/mol. The Morgan fingerprint density at radius 2 is 2.08 bits per heavy atom. The Morgan fingerprint density at radius 1 is 1.54 bits per heavy atom. The van der Waals surface area contributed by atoms with E-state index in [9.17, 15) is 13.6 Å². The maximum Gasteiger partial charge on any atom is 0.377 e. The van der Waals surface area contributed by atoms with Crippen LogP contribution in [0.2, 0.25) is 0 Å². The fourth-order valence-electron chi connectivity index (χ4n) is 0.743. The van der Waals surface area contributed by atoms with Crippen LogP contribution in [0, 0.1) is 0 Å². The van der Waals surface area contributed by atoms with Gasteiger partial charge in [0.25, 0.3) is 0 Å². The molecule has 0 N–H and O–H groups in total. The van der Waals surface area contributed by atoms with Gasteiger partial charge in [0.1, 0.15) is 0 Å². The molecule has 0 aromatic heterocycles. The van der Waals surface area contributed by atoms with Gasteiger partial charge in [-0.05, 0) is 13.3 Å². The van der Waals surface area contributed by atoms with Gasteiger partial charge < -0.3 is 4.74 Å². The highest BCUT2D eigenvalue weighted by molar-refractivity contribution is 14.1. The Bertz CT molecular complexity index is 174. The molecule has 78 valence electrons. The van der Waals surface area contributed by atoms with E-state index in [-0.39, 0.29) is 10.5 Å². The molecule has 0 aromatic rings. The molecule has 0 fully saturated rings. The van der Waals surface area contributed by atoms with Crippen LogP contribution in [0.5, 0.6) is 0 Å². The van der Waals surface area contributed by atoms with Crippen molar-refractivity contribution in [2.75, 3.05) is 6.61 Å². The Balaban J connectivity index is 4.13. The van der Waals surface area contributed by atoms with E-state index in [0.29, 0.717) is 6.42 Å². The summed E-state index contributed by atoms with van der Waals surface area (Å²) in [6.45, 7) is 3.31. The van der Waals surface area contributed by atoms with Crippen LogP contribution in [0.4, 0.5) is 8.78 Å². The summed E-state index contributed by atoms with van der Waals surface area (Å²) in [6.07, 6.45) is 0.179.